The van der Waals surface area contributed by atoms with Crippen LogP contribution >= 0.6 is 11.6 Å². The highest BCUT2D eigenvalue weighted by Crippen LogP contribution is 2.34. The molecule has 0 bridgehead atoms. The van der Waals surface area contributed by atoms with Gasteiger partial charge in [-0.2, -0.15) is 0 Å². The van der Waals surface area contributed by atoms with Gasteiger partial charge in [-0.15, -0.1) is 0 Å². The van der Waals surface area contributed by atoms with Crippen LogP contribution in [0.5, 0.6) is 0 Å². The van der Waals surface area contributed by atoms with Gasteiger partial charge in [0.15, 0.2) is 0 Å². The lowest BCUT2D eigenvalue weighted by molar-refractivity contribution is 0.243. The molecule has 35 heavy (non-hydrogen) atoms. The van der Waals surface area contributed by atoms with Crippen LogP contribution in [0.2, 0.25) is 5.02 Å². The average Bonchev–Trinajstić information content (AvgIpc) is 2.83. The first-order valence-electron chi connectivity index (χ1n) is 12.6. The number of benzene rings is 1. The van der Waals surface area contributed by atoms with Crippen LogP contribution in [0.1, 0.15) is 60.3 Å². The van der Waals surface area contributed by atoms with Crippen LogP contribution in [-0.4, -0.2) is 41.0 Å². The maximum atomic E-state index is 6.16. The van der Waals surface area contributed by atoms with Crippen molar-refractivity contribution >= 4 is 11.6 Å². The van der Waals surface area contributed by atoms with E-state index < -0.39 is 0 Å². The highest BCUT2D eigenvalue weighted by molar-refractivity contribution is 6.30. The van der Waals surface area contributed by atoms with Crippen molar-refractivity contribution in [3.05, 3.63) is 93.5 Å². The Kier molecular flexibility index (Phi) is 10.2. The molecule has 2 aromatic heterocycles. The highest BCUT2D eigenvalue weighted by atomic mass is 35.5. The monoisotopic (exact) mass is 493 g/mol. The van der Waals surface area contributed by atoms with Gasteiger partial charge in [-0.3, -0.25) is 14.9 Å². The van der Waals surface area contributed by atoms with E-state index in [4.69, 9.17) is 27.3 Å². The molecular weight excluding hydrogens is 454 g/mol. The number of nitrogens with zero attached hydrogens (tertiary/aromatic N) is 3. The van der Waals surface area contributed by atoms with Crippen LogP contribution in [0.4, 0.5) is 0 Å². The Morgan fingerprint density at radius 2 is 1.71 bits per heavy atom. The Morgan fingerprint density at radius 1 is 0.971 bits per heavy atom. The Bertz CT molecular complexity index is 1060. The SMILES string of the molecule is Cc1cnc(CN(CCCCNCCN)Cc2ncccc2C(C)(C)c2ccc(Cl)cc2)c(C)c1. The number of halogens is 1. The smallest absolute Gasteiger partial charge is 0.0584 e. The molecule has 5 nitrogen and oxygen atoms in total. The minimum absolute atomic E-state index is 0.190. The minimum atomic E-state index is -0.190. The van der Waals surface area contributed by atoms with Crippen LogP contribution in [0, 0.1) is 13.8 Å². The first kappa shape index (κ1) is 27.3. The van der Waals surface area contributed by atoms with E-state index in [0.29, 0.717) is 6.54 Å². The molecule has 0 saturated heterocycles. The molecule has 0 aliphatic heterocycles. The summed E-state index contributed by atoms with van der Waals surface area (Å²) in [7, 11) is 0. The summed E-state index contributed by atoms with van der Waals surface area (Å²) in [5, 5.41) is 4.15. The highest BCUT2D eigenvalue weighted by Gasteiger charge is 2.27. The first-order valence-corrected chi connectivity index (χ1v) is 12.9. The number of hydrogen-bond acceptors (Lipinski definition) is 5. The second kappa shape index (κ2) is 13.1. The zero-order valence-corrected chi connectivity index (χ0v) is 22.4. The lowest BCUT2D eigenvalue weighted by Gasteiger charge is -2.30. The molecular formula is C29H40ClN5. The van der Waals surface area contributed by atoms with E-state index in [1.54, 1.807) is 0 Å². The van der Waals surface area contributed by atoms with Gasteiger partial charge in [-0.05, 0) is 80.2 Å². The van der Waals surface area contributed by atoms with E-state index in [0.717, 1.165) is 62.0 Å². The fraction of sp³-hybridized carbons (Fsp3) is 0.448. The van der Waals surface area contributed by atoms with Crippen molar-refractivity contribution in [2.24, 2.45) is 5.73 Å². The van der Waals surface area contributed by atoms with Crippen molar-refractivity contribution in [3.8, 4) is 0 Å². The maximum absolute atomic E-state index is 6.16. The lowest BCUT2D eigenvalue weighted by Crippen LogP contribution is -2.29. The predicted octanol–water partition coefficient (Wildman–Crippen LogP) is 5.40. The first-order chi connectivity index (χ1) is 16.8. The number of nitrogens with one attached hydrogen (secondary N) is 1. The fourth-order valence-electron chi connectivity index (χ4n) is 4.51. The molecule has 0 amide bonds. The Hall–Kier alpha value is -2.31. The number of aryl methyl sites for hydroxylation is 2. The van der Waals surface area contributed by atoms with Crippen LogP contribution < -0.4 is 11.1 Å². The van der Waals surface area contributed by atoms with Crippen molar-refractivity contribution in [1.82, 2.24) is 20.2 Å². The van der Waals surface area contributed by atoms with Crippen molar-refractivity contribution in [1.29, 1.82) is 0 Å². The Balaban J connectivity index is 1.82. The van der Waals surface area contributed by atoms with Gasteiger partial charge in [0.2, 0.25) is 0 Å². The van der Waals surface area contributed by atoms with E-state index in [2.05, 4.69) is 62.2 Å². The van der Waals surface area contributed by atoms with Gasteiger partial charge >= 0.3 is 0 Å². The maximum Gasteiger partial charge on any atom is 0.0584 e. The summed E-state index contributed by atoms with van der Waals surface area (Å²) in [4.78, 5) is 12.1. The van der Waals surface area contributed by atoms with Gasteiger partial charge in [-0.1, -0.05) is 49.7 Å². The molecule has 188 valence electrons. The average molecular weight is 494 g/mol. The van der Waals surface area contributed by atoms with E-state index in [9.17, 15) is 0 Å². The van der Waals surface area contributed by atoms with Gasteiger partial charge < -0.3 is 11.1 Å². The molecule has 3 N–H and O–H groups in total. The van der Waals surface area contributed by atoms with Crippen molar-refractivity contribution in [3.63, 3.8) is 0 Å². The van der Waals surface area contributed by atoms with Crippen LogP contribution in [-0.2, 0) is 18.5 Å². The zero-order chi connectivity index (χ0) is 25.3. The molecule has 0 aliphatic rings. The third kappa shape index (κ3) is 7.84. The summed E-state index contributed by atoms with van der Waals surface area (Å²) in [6.07, 6.45) is 6.08. The second-order valence-corrected chi connectivity index (χ2v) is 10.3. The molecule has 0 spiro atoms. The van der Waals surface area contributed by atoms with E-state index >= 15 is 0 Å². The molecule has 6 heteroatoms. The quantitative estimate of drug-likeness (QED) is 0.312. The van der Waals surface area contributed by atoms with Crippen LogP contribution in [0.25, 0.3) is 0 Å². The summed E-state index contributed by atoms with van der Waals surface area (Å²) >= 11 is 6.16. The molecule has 3 rings (SSSR count). The summed E-state index contributed by atoms with van der Waals surface area (Å²) in [6.45, 7) is 13.9. The minimum Gasteiger partial charge on any atom is -0.329 e. The summed E-state index contributed by atoms with van der Waals surface area (Å²) in [6, 6.07) is 14.6. The van der Waals surface area contributed by atoms with Gasteiger partial charge in [0.25, 0.3) is 0 Å². The standard InChI is InChI=1S/C29H40ClN5/c1-22-18-23(2)27(34-19-22)20-35(17-6-5-14-32-16-13-31)21-28-26(8-7-15-33-28)29(3,4)24-9-11-25(30)12-10-24/h7-12,15,18-19,32H,5-6,13-14,16-17,20-21,31H2,1-4H3. The van der Waals surface area contributed by atoms with Gasteiger partial charge in [0, 0.05) is 49.0 Å². The number of unbranched alkanes of at least 4 members (excludes halogenated alkanes) is 1. The molecule has 0 saturated carbocycles. The van der Waals surface area contributed by atoms with Crippen molar-refractivity contribution in [2.75, 3.05) is 26.2 Å². The largest absolute Gasteiger partial charge is 0.329 e. The fourth-order valence-corrected chi connectivity index (χ4v) is 4.64. The summed E-state index contributed by atoms with van der Waals surface area (Å²) < 4.78 is 0. The van der Waals surface area contributed by atoms with Gasteiger partial charge in [-0.25, -0.2) is 0 Å². The van der Waals surface area contributed by atoms with E-state index in [1.165, 1.54) is 22.3 Å². The van der Waals surface area contributed by atoms with Crippen LogP contribution in [0.15, 0.2) is 54.9 Å². The molecule has 2 heterocycles. The third-order valence-corrected chi connectivity index (χ3v) is 6.85. The molecule has 0 fully saturated rings. The van der Waals surface area contributed by atoms with Crippen LogP contribution in [0.3, 0.4) is 0 Å². The number of pyridine rings is 2. The summed E-state index contributed by atoms with van der Waals surface area (Å²) in [5.41, 5.74) is 12.5. The normalized spacial score (nSPS) is 11.9. The third-order valence-electron chi connectivity index (χ3n) is 6.60. The summed E-state index contributed by atoms with van der Waals surface area (Å²) in [5.74, 6) is 0. The number of rotatable bonds is 13. The number of aromatic nitrogens is 2. The lowest BCUT2D eigenvalue weighted by atomic mass is 9.77. The van der Waals surface area contributed by atoms with Gasteiger partial charge in [0.1, 0.15) is 0 Å². The van der Waals surface area contributed by atoms with E-state index in [1.807, 2.05) is 30.6 Å². The Labute approximate surface area is 216 Å². The molecule has 0 atom stereocenters. The van der Waals surface area contributed by atoms with Crippen molar-refractivity contribution in [2.45, 2.75) is 59.0 Å². The number of nitrogens with two attached hydrogens (primary N) is 1. The topological polar surface area (TPSA) is 67.1 Å². The molecule has 0 radical (unpaired) electrons. The predicted molar refractivity (Wildman–Crippen MR) is 147 cm³/mol. The van der Waals surface area contributed by atoms with Crippen molar-refractivity contribution < 1.29 is 0 Å². The Morgan fingerprint density at radius 3 is 2.43 bits per heavy atom. The van der Waals surface area contributed by atoms with E-state index in [-0.39, 0.29) is 5.41 Å². The molecule has 1 aromatic carbocycles. The second-order valence-electron chi connectivity index (χ2n) is 9.86. The molecule has 0 unspecified atom stereocenters. The molecule has 0 aliphatic carbocycles. The van der Waals surface area contributed by atoms with Gasteiger partial charge in [0.05, 0.1) is 11.4 Å². The number of hydrogen-bond donors (Lipinski definition) is 2. The molecule has 3 aromatic rings. The zero-order valence-electron chi connectivity index (χ0n) is 21.6.